The third-order valence-electron chi connectivity index (χ3n) is 5.94. The van der Waals surface area contributed by atoms with Gasteiger partial charge in [0.05, 0.1) is 25.0 Å². The second-order valence-electron chi connectivity index (χ2n) is 9.07. The molecule has 198 valence electrons. The number of allylic oxidation sites excluding steroid dienone is 2. The number of amides is 2. The van der Waals surface area contributed by atoms with Gasteiger partial charge in [-0.05, 0) is 37.3 Å². The molecule has 2 rings (SSSR count). The second-order valence-corrected chi connectivity index (χ2v) is 9.07. The van der Waals surface area contributed by atoms with Gasteiger partial charge in [0.15, 0.2) is 0 Å². The van der Waals surface area contributed by atoms with E-state index in [9.17, 15) is 14.4 Å². The van der Waals surface area contributed by atoms with Crippen molar-refractivity contribution >= 4 is 17.8 Å². The zero-order valence-corrected chi connectivity index (χ0v) is 21.5. The minimum atomic E-state index is -0.701. The predicted molar refractivity (Wildman–Crippen MR) is 144 cm³/mol. The lowest BCUT2D eigenvalue weighted by molar-refractivity contribution is -0.154. The van der Waals surface area contributed by atoms with Crippen LogP contribution in [0, 0.1) is 11.8 Å². The lowest BCUT2D eigenvalue weighted by Gasteiger charge is -2.23. The SMILES string of the molecule is C=CC[C@H](CC(=O)N[C@H](C)CO)C(=O)NC[C@@H](OC(=O)[C@H](CC=C)Cc1ccccc1)c1ccccc1. The minimum absolute atomic E-state index is 0.0452. The van der Waals surface area contributed by atoms with Gasteiger partial charge in [-0.2, -0.15) is 0 Å². The summed E-state index contributed by atoms with van der Waals surface area (Å²) >= 11 is 0. The minimum Gasteiger partial charge on any atom is -0.455 e. The fraction of sp³-hybridized carbons (Fsp3) is 0.367. The number of benzene rings is 2. The van der Waals surface area contributed by atoms with Gasteiger partial charge in [0.2, 0.25) is 11.8 Å². The van der Waals surface area contributed by atoms with Gasteiger partial charge in [0, 0.05) is 12.5 Å². The van der Waals surface area contributed by atoms with Crippen LogP contribution in [0.15, 0.2) is 86.0 Å². The highest BCUT2D eigenvalue weighted by Gasteiger charge is 2.26. The molecule has 0 aliphatic rings. The molecule has 0 bridgehead atoms. The smallest absolute Gasteiger partial charge is 0.310 e. The molecule has 4 atom stereocenters. The maximum absolute atomic E-state index is 13.2. The van der Waals surface area contributed by atoms with Crippen molar-refractivity contribution < 1.29 is 24.2 Å². The monoisotopic (exact) mass is 506 g/mol. The summed E-state index contributed by atoms with van der Waals surface area (Å²) in [5.41, 5.74) is 1.78. The van der Waals surface area contributed by atoms with E-state index in [-0.39, 0.29) is 37.4 Å². The number of carbonyl (C=O) groups excluding carboxylic acids is 3. The van der Waals surface area contributed by atoms with Gasteiger partial charge in [-0.15, -0.1) is 13.2 Å². The molecule has 2 aromatic rings. The molecule has 7 heteroatoms. The van der Waals surface area contributed by atoms with E-state index in [2.05, 4.69) is 23.8 Å². The lowest BCUT2D eigenvalue weighted by atomic mass is 9.96. The Labute approximate surface area is 219 Å². The van der Waals surface area contributed by atoms with E-state index in [1.54, 1.807) is 19.1 Å². The van der Waals surface area contributed by atoms with Crippen LogP contribution in [-0.2, 0) is 25.5 Å². The number of aliphatic hydroxyl groups is 1. The first kappa shape index (κ1) is 29.5. The Hall–Kier alpha value is -3.71. The number of hydrogen-bond acceptors (Lipinski definition) is 5. The van der Waals surface area contributed by atoms with Crippen LogP contribution in [0.5, 0.6) is 0 Å². The predicted octanol–water partition coefficient (Wildman–Crippen LogP) is 3.90. The van der Waals surface area contributed by atoms with Crippen molar-refractivity contribution in [3.8, 4) is 0 Å². The summed E-state index contributed by atoms with van der Waals surface area (Å²) < 4.78 is 5.93. The summed E-state index contributed by atoms with van der Waals surface area (Å²) in [6, 6.07) is 18.6. The molecule has 0 aliphatic carbocycles. The molecule has 2 amide bonds. The van der Waals surface area contributed by atoms with Crippen LogP contribution in [0.1, 0.15) is 43.4 Å². The first-order valence-electron chi connectivity index (χ1n) is 12.6. The van der Waals surface area contributed by atoms with Gasteiger partial charge in [-0.3, -0.25) is 14.4 Å². The lowest BCUT2D eigenvalue weighted by Crippen LogP contribution is -2.40. The fourth-order valence-corrected chi connectivity index (χ4v) is 3.92. The van der Waals surface area contributed by atoms with Crippen LogP contribution in [0.3, 0.4) is 0 Å². The number of carbonyl (C=O) groups is 3. The fourth-order valence-electron chi connectivity index (χ4n) is 3.92. The molecule has 37 heavy (non-hydrogen) atoms. The second kappa shape index (κ2) is 16.1. The summed E-state index contributed by atoms with van der Waals surface area (Å²) in [6.07, 6.45) is 3.83. The summed E-state index contributed by atoms with van der Waals surface area (Å²) in [6.45, 7) is 9.02. The normalized spacial score (nSPS) is 13.9. The van der Waals surface area contributed by atoms with E-state index >= 15 is 0 Å². The van der Waals surface area contributed by atoms with E-state index in [0.717, 1.165) is 11.1 Å². The van der Waals surface area contributed by atoms with Gasteiger partial charge < -0.3 is 20.5 Å². The van der Waals surface area contributed by atoms with E-state index in [1.165, 1.54) is 0 Å². The molecule has 0 saturated heterocycles. The third kappa shape index (κ3) is 10.4. The highest BCUT2D eigenvalue weighted by atomic mass is 16.5. The Morgan fingerprint density at radius 2 is 1.54 bits per heavy atom. The Kier molecular flexibility index (Phi) is 12.9. The Morgan fingerprint density at radius 1 is 0.946 bits per heavy atom. The van der Waals surface area contributed by atoms with Crippen LogP contribution >= 0.6 is 0 Å². The van der Waals surface area contributed by atoms with Crippen molar-refractivity contribution in [2.24, 2.45) is 11.8 Å². The molecule has 0 aromatic heterocycles. The van der Waals surface area contributed by atoms with Crippen LogP contribution in [0.2, 0.25) is 0 Å². The standard InChI is InChI=1S/C30H38N2O5/c1-4-12-25(19-28(34)32-22(3)21-33)29(35)31-20-27(24-16-10-7-11-17-24)37-30(36)26(13-5-2)18-23-14-8-6-9-15-23/h4-11,14-17,22,25-27,33H,1-2,12-13,18-21H2,3H3,(H,31,35)(H,32,34)/t22-,25-,26-,27-/m1/s1. The highest BCUT2D eigenvalue weighted by molar-refractivity contribution is 5.86. The molecule has 0 spiro atoms. The van der Waals surface area contributed by atoms with Crippen LogP contribution in [-0.4, -0.2) is 42.1 Å². The number of nitrogens with one attached hydrogen (secondary N) is 2. The molecule has 0 saturated carbocycles. The highest BCUT2D eigenvalue weighted by Crippen LogP contribution is 2.22. The van der Waals surface area contributed by atoms with Crippen molar-refractivity contribution in [3.05, 3.63) is 97.1 Å². The molecule has 2 aromatic carbocycles. The van der Waals surface area contributed by atoms with Gasteiger partial charge >= 0.3 is 5.97 Å². The van der Waals surface area contributed by atoms with Gasteiger partial charge in [0.25, 0.3) is 0 Å². The summed E-state index contributed by atoms with van der Waals surface area (Å²) in [7, 11) is 0. The number of ether oxygens (including phenoxy) is 1. The molecule has 0 fully saturated rings. The third-order valence-corrected chi connectivity index (χ3v) is 5.94. The molecule has 0 heterocycles. The summed E-state index contributed by atoms with van der Waals surface area (Å²) in [5.74, 6) is -2.08. The average Bonchev–Trinajstić information content (AvgIpc) is 2.91. The Balaban J connectivity index is 2.11. The van der Waals surface area contributed by atoms with Crippen LogP contribution in [0.25, 0.3) is 0 Å². The molecule has 0 aliphatic heterocycles. The zero-order chi connectivity index (χ0) is 27.0. The van der Waals surface area contributed by atoms with E-state index in [1.807, 2.05) is 60.7 Å². The van der Waals surface area contributed by atoms with Crippen molar-refractivity contribution in [1.82, 2.24) is 10.6 Å². The molecule has 0 radical (unpaired) electrons. The van der Waals surface area contributed by atoms with Crippen molar-refractivity contribution in [2.45, 2.75) is 44.8 Å². The van der Waals surface area contributed by atoms with Gasteiger partial charge in [-0.25, -0.2) is 0 Å². The van der Waals surface area contributed by atoms with Gasteiger partial charge in [-0.1, -0.05) is 72.8 Å². The maximum Gasteiger partial charge on any atom is 0.310 e. The first-order valence-corrected chi connectivity index (χ1v) is 12.6. The largest absolute Gasteiger partial charge is 0.455 e. The number of rotatable bonds is 16. The first-order chi connectivity index (χ1) is 17.9. The maximum atomic E-state index is 13.2. The van der Waals surface area contributed by atoms with Crippen LogP contribution in [0.4, 0.5) is 0 Å². The van der Waals surface area contributed by atoms with Crippen molar-refractivity contribution in [1.29, 1.82) is 0 Å². The summed E-state index contributed by atoms with van der Waals surface area (Å²) in [5, 5.41) is 14.7. The summed E-state index contributed by atoms with van der Waals surface area (Å²) in [4.78, 5) is 38.5. The Morgan fingerprint density at radius 3 is 2.14 bits per heavy atom. The van der Waals surface area contributed by atoms with Crippen molar-refractivity contribution in [2.75, 3.05) is 13.2 Å². The quantitative estimate of drug-likeness (QED) is 0.237. The molecular formula is C30H38N2O5. The average molecular weight is 507 g/mol. The topological polar surface area (TPSA) is 105 Å². The molecule has 7 nitrogen and oxygen atoms in total. The molecule has 3 N–H and O–H groups in total. The van der Waals surface area contributed by atoms with E-state index < -0.39 is 24.0 Å². The number of aliphatic hydroxyl groups excluding tert-OH is 1. The van der Waals surface area contributed by atoms with Crippen molar-refractivity contribution in [3.63, 3.8) is 0 Å². The zero-order valence-electron chi connectivity index (χ0n) is 21.5. The van der Waals surface area contributed by atoms with E-state index in [4.69, 9.17) is 9.84 Å². The molecule has 0 unspecified atom stereocenters. The number of esters is 1. The van der Waals surface area contributed by atoms with E-state index in [0.29, 0.717) is 19.3 Å². The van der Waals surface area contributed by atoms with Crippen LogP contribution < -0.4 is 10.6 Å². The Bertz CT molecular complexity index is 1010. The molecular weight excluding hydrogens is 468 g/mol. The van der Waals surface area contributed by atoms with Gasteiger partial charge in [0.1, 0.15) is 6.10 Å². The number of hydrogen-bond donors (Lipinski definition) is 3.